The summed E-state index contributed by atoms with van der Waals surface area (Å²) in [6.45, 7) is 2.54. The van der Waals surface area contributed by atoms with Crippen molar-refractivity contribution >= 4 is 11.8 Å². The lowest BCUT2D eigenvalue weighted by Gasteiger charge is -2.27. The molecule has 1 aliphatic rings. The van der Waals surface area contributed by atoms with Crippen molar-refractivity contribution in [3.63, 3.8) is 0 Å². The van der Waals surface area contributed by atoms with E-state index in [0.717, 1.165) is 19.3 Å². The predicted octanol–water partition coefficient (Wildman–Crippen LogP) is 0.713. The zero-order valence-corrected chi connectivity index (χ0v) is 10.2. The maximum absolute atomic E-state index is 11.4. The van der Waals surface area contributed by atoms with Gasteiger partial charge in [0.25, 0.3) is 0 Å². The molecule has 17 heavy (non-hydrogen) atoms. The zero-order valence-electron chi connectivity index (χ0n) is 10.2. The highest BCUT2D eigenvalue weighted by atomic mass is 16.2. The van der Waals surface area contributed by atoms with E-state index in [2.05, 4.69) is 17.6 Å². The molecule has 1 rings (SSSR count). The number of amides is 2. The van der Waals surface area contributed by atoms with Gasteiger partial charge < -0.3 is 10.6 Å². The highest BCUT2D eigenvalue weighted by Gasteiger charge is 2.32. The Hall–Kier alpha value is -1.57. The Labute approximate surface area is 102 Å². The highest BCUT2D eigenvalue weighted by molar-refractivity contribution is 6.35. The summed E-state index contributed by atoms with van der Waals surface area (Å²) in [6.07, 6.45) is 5.65. The van der Waals surface area contributed by atoms with Crippen molar-refractivity contribution in [2.24, 2.45) is 5.41 Å². The Balaban J connectivity index is 2.37. The van der Waals surface area contributed by atoms with Crippen LogP contribution >= 0.6 is 0 Å². The van der Waals surface area contributed by atoms with E-state index in [0.29, 0.717) is 6.54 Å². The summed E-state index contributed by atoms with van der Waals surface area (Å²) in [5.74, 6) is -1.37. The molecule has 94 valence electrons. The molecule has 0 aliphatic heterocycles. The van der Waals surface area contributed by atoms with Crippen LogP contribution in [0.3, 0.4) is 0 Å². The zero-order chi connectivity index (χ0) is 12.7. The normalized spacial score (nSPS) is 17.2. The monoisotopic (exact) mass is 237 g/mol. The molecule has 2 amide bonds. The van der Waals surface area contributed by atoms with Gasteiger partial charge in [-0.2, -0.15) is 5.26 Å². The van der Waals surface area contributed by atoms with Crippen molar-refractivity contribution in [2.75, 3.05) is 13.1 Å². The summed E-state index contributed by atoms with van der Waals surface area (Å²) in [5, 5.41) is 13.2. The van der Waals surface area contributed by atoms with Gasteiger partial charge in [0.15, 0.2) is 0 Å². The molecule has 2 N–H and O–H groups in total. The van der Waals surface area contributed by atoms with E-state index in [-0.39, 0.29) is 12.0 Å². The Bertz CT molecular complexity index is 327. The summed E-state index contributed by atoms with van der Waals surface area (Å²) in [6, 6.07) is 1.76. The summed E-state index contributed by atoms with van der Waals surface area (Å²) >= 11 is 0. The second-order valence-electron chi connectivity index (χ2n) is 4.58. The summed E-state index contributed by atoms with van der Waals surface area (Å²) in [5.41, 5.74) is 0.172. The Morgan fingerprint density at radius 2 is 1.82 bits per heavy atom. The van der Waals surface area contributed by atoms with Crippen LogP contribution in [0.25, 0.3) is 0 Å². The Morgan fingerprint density at radius 1 is 1.24 bits per heavy atom. The molecule has 0 bridgehead atoms. The Kier molecular flexibility index (Phi) is 4.95. The van der Waals surface area contributed by atoms with Crippen LogP contribution in [0.4, 0.5) is 0 Å². The molecule has 5 heteroatoms. The molecule has 1 aliphatic carbocycles. The van der Waals surface area contributed by atoms with Crippen LogP contribution in [0.5, 0.6) is 0 Å². The van der Waals surface area contributed by atoms with Crippen LogP contribution in [-0.4, -0.2) is 24.9 Å². The quantitative estimate of drug-likeness (QED) is 0.558. The van der Waals surface area contributed by atoms with E-state index < -0.39 is 11.8 Å². The van der Waals surface area contributed by atoms with Crippen molar-refractivity contribution in [3.8, 4) is 6.07 Å². The van der Waals surface area contributed by atoms with E-state index in [1.807, 2.05) is 0 Å². The van der Waals surface area contributed by atoms with Gasteiger partial charge in [-0.15, -0.1) is 0 Å². The van der Waals surface area contributed by atoms with Crippen LogP contribution in [0.15, 0.2) is 0 Å². The van der Waals surface area contributed by atoms with E-state index in [1.54, 1.807) is 6.07 Å². The average molecular weight is 237 g/mol. The lowest BCUT2D eigenvalue weighted by atomic mass is 9.83. The van der Waals surface area contributed by atoms with Crippen molar-refractivity contribution in [1.29, 1.82) is 5.26 Å². The SMILES string of the molecule is CCC1(CNC(=O)C(=O)NCC#N)CCCC1. The van der Waals surface area contributed by atoms with Crippen molar-refractivity contribution in [3.05, 3.63) is 0 Å². The molecule has 0 radical (unpaired) electrons. The van der Waals surface area contributed by atoms with E-state index in [1.165, 1.54) is 12.8 Å². The highest BCUT2D eigenvalue weighted by Crippen LogP contribution is 2.40. The van der Waals surface area contributed by atoms with E-state index in [9.17, 15) is 9.59 Å². The third-order valence-electron chi connectivity index (χ3n) is 3.57. The molecule has 1 fully saturated rings. The minimum Gasteiger partial charge on any atom is -0.347 e. The van der Waals surface area contributed by atoms with Gasteiger partial charge in [0.05, 0.1) is 6.07 Å². The third kappa shape index (κ3) is 3.74. The van der Waals surface area contributed by atoms with Crippen molar-refractivity contribution in [2.45, 2.75) is 39.0 Å². The van der Waals surface area contributed by atoms with Gasteiger partial charge in [-0.3, -0.25) is 9.59 Å². The first-order chi connectivity index (χ1) is 8.13. The molecule has 0 aromatic rings. The number of carbonyl (C=O) groups is 2. The van der Waals surface area contributed by atoms with Gasteiger partial charge in [-0.25, -0.2) is 0 Å². The molecule has 0 aromatic carbocycles. The van der Waals surface area contributed by atoms with Gasteiger partial charge in [0.1, 0.15) is 6.54 Å². The fraction of sp³-hybridized carbons (Fsp3) is 0.750. The number of nitriles is 1. The minimum atomic E-state index is -0.726. The van der Waals surface area contributed by atoms with Crippen LogP contribution < -0.4 is 10.6 Å². The second kappa shape index (κ2) is 6.24. The molecule has 5 nitrogen and oxygen atoms in total. The first kappa shape index (κ1) is 13.5. The molecule has 0 heterocycles. The van der Waals surface area contributed by atoms with Crippen LogP contribution in [0, 0.1) is 16.7 Å². The first-order valence-electron chi connectivity index (χ1n) is 6.06. The molecular weight excluding hydrogens is 218 g/mol. The number of nitrogens with one attached hydrogen (secondary N) is 2. The number of hydrogen-bond acceptors (Lipinski definition) is 3. The van der Waals surface area contributed by atoms with Gasteiger partial charge in [0.2, 0.25) is 0 Å². The minimum absolute atomic E-state index is 0.134. The van der Waals surface area contributed by atoms with Gasteiger partial charge >= 0.3 is 11.8 Å². The van der Waals surface area contributed by atoms with Crippen LogP contribution in [0.2, 0.25) is 0 Å². The second-order valence-corrected chi connectivity index (χ2v) is 4.58. The first-order valence-corrected chi connectivity index (χ1v) is 6.06. The summed E-state index contributed by atoms with van der Waals surface area (Å²) in [7, 11) is 0. The van der Waals surface area contributed by atoms with Gasteiger partial charge in [-0.1, -0.05) is 19.8 Å². The lowest BCUT2D eigenvalue weighted by Crippen LogP contribution is -2.44. The largest absolute Gasteiger partial charge is 0.347 e. The van der Waals surface area contributed by atoms with Crippen LogP contribution in [0.1, 0.15) is 39.0 Å². The maximum atomic E-state index is 11.4. The fourth-order valence-electron chi connectivity index (χ4n) is 2.33. The van der Waals surface area contributed by atoms with Crippen LogP contribution in [-0.2, 0) is 9.59 Å². The molecule has 0 aromatic heterocycles. The number of rotatable bonds is 4. The molecule has 0 spiro atoms. The summed E-state index contributed by atoms with van der Waals surface area (Å²) in [4.78, 5) is 22.7. The third-order valence-corrected chi connectivity index (χ3v) is 3.57. The number of hydrogen-bond donors (Lipinski definition) is 2. The molecular formula is C12H19N3O2. The molecule has 0 atom stereocenters. The van der Waals surface area contributed by atoms with E-state index in [4.69, 9.17) is 5.26 Å². The fourth-order valence-corrected chi connectivity index (χ4v) is 2.33. The standard InChI is InChI=1S/C12H19N3O2/c1-2-12(5-3-4-6-12)9-15-11(17)10(16)14-8-7-13/h2-6,8-9H2,1H3,(H,14,16)(H,15,17). The number of carbonyl (C=O) groups excluding carboxylic acids is 2. The maximum Gasteiger partial charge on any atom is 0.310 e. The smallest absolute Gasteiger partial charge is 0.310 e. The topological polar surface area (TPSA) is 82.0 Å². The van der Waals surface area contributed by atoms with E-state index >= 15 is 0 Å². The van der Waals surface area contributed by atoms with Crippen molar-refractivity contribution < 1.29 is 9.59 Å². The molecule has 0 saturated heterocycles. The lowest BCUT2D eigenvalue weighted by molar-refractivity contribution is -0.139. The number of nitrogens with zero attached hydrogens (tertiary/aromatic N) is 1. The predicted molar refractivity (Wildman–Crippen MR) is 62.8 cm³/mol. The Morgan fingerprint density at radius 3 is 2.35 bits per heavy atom. The van der Waals surface area contributed by atoms with Gasteiger partial charge in [0, 0.05) is 6.54 Å². The summed E-state index contributed by atoms with van der Waals surface area (Å²) < 4.78 is 0. The van der Waals surface area contributed by atoms with Crippen molar-refractivity contribution in [1.82, 2.24) is 10.6 Å². The van der Waals surface area contributed by atoms with Gasteiger partial charge in [-0.05, 0) is 24.7 Å². The molecule has 0 unspecified atom stereocenters. The average Bonchev–Trinajstić information content (AvgIpc) is 2.82. The molecule has 1 saturated carbocycles.